The summed E-state index contributed by atoms with van der Waals surface area (Å²) in [6, 6.07) is 13.4. The molecule has 0 saturated carbocycles. The third kappa shape index (κ3) is 7.22. The van der Waals surface area contributed by atoms with Crippen LogP contribution in [-0.4, -0.2) is 31.4 Å². The van der Waals surface area contributed by atoms with Gasteiger partial charge in [-0.2, -0.15) is 0 Å². The van der Waals surface area contributed by atoms with Crippen LogP contribution in [0.4, 0.5) is 5.88 Å². The van der Waals surface area contributed by atoms with Gasteiger partial charge in [-0.15, -0.1) is 0 Å². The van der Waals surface area contributed by atoms with Gasteiger partial charge in [0.15, 0.2) is 0 Å². The van der Waals surface area contributed by atoms with Crippen LogP contribution in [0.5, 0.6) is 0 Å². The van der Waals surface area contributed by atoms with E-state index in [1.807, 2.05) is 45.0 Å². The Kier molecular flexibility index (Phi) is 9.68. The van der Waals surface area contributed by atoms with Crippen molar-refractivity contribution < 1.29 is 22.5 Å². The van der Waals surface area contributed by atoms with E-state index in [1.165, 1.54) is 6.07 Å². The quantitative estimate of drug-likeness (QED) is 0.305. The molecule has 38 heavy (non-hydrogen) atoms. The normalized spacial score (nSPS) is 12.3. The minimum absolute atomic E-state index is 0.0559. The standard InChI is InChI=1S/C28H36N4O5S/c1-6-7-12-25(33)30-26(18(2)3)27(34)29-17-21-13-15-22(16-14-21)23-10-8-9-11-24(23)38(35,36)32-28-19(4)20(5)31-37-28/h8-11,13-16,18,26,32H,6-7,12,17H2,1-5H3,(H,29,34)(H,30,33)/t26-/m0/s1. The lowest BCUT2D eigenvalue weighted by atomic mass is 10.0. The lowest BCUT2D eigenvalue weighted by Gasteiger charge is -2.22. The predicted octanol–water partition coefficient (Wildman–Crippen LogP) is 4.71. The average Bonchev–Trinajstić information content (AvgIpc) is 3.21. The molecule has 0 bridgehead atoms. The molecule has 1 aromatic heterocycles. The largest absolute Gasteiger partial charge is 0.350 e. The van der Waals surface area contributed by atoms with Gasteiger partial charge in [0.25, 0.3) is 10.0 Å². The van der Waals surface area contributed by atoms with Gasteiger partial charge >= 0.3 is 0 Å². The van der Waals surface area contributed by atoms with E-state index in [1.54, 1.807) is 32.0 Å². The second-order valence-corrected chi connectivity index (χ2v) is 11.3. The number of rotatable bonds is 12. The second kappa shape index (κ2) is 12.7. The Hall–Kier alpha value is -3.66. The molecule has 0 fully saturated rings. The van der Waals surface area contributed by atoms with Crippen LogP contribution >= 0.6 is 0 Å². The number of amides is 2. The number of sulfonamides is 1. The monoisotopic (exact) mass is 540 g/mol. The average molecular weight is 541 g/mol. The third-order valence-electron chi connectivity index (χ3n) is 6.32. The third-order valence-corrected chi connectivity index (χ3v) is 7.70. The highest BCUT2D eigenvalue weighted by molar-refractivity contribution is 7.92. The number of nitrogens with one attached hydrogen (secondary N) is 3. The number of hydrogen-bond donors (Lipinski definition) is 3. The lowest BCUT2D eigenvalue weighted by Crippen LogP contribution is -2.49. The maximum absolute atomic E-state index is 13.2. The van der Waals surface area contributed by atoms with Crippen molar-refractivity contribution in [3.05, 3.63) is 65.4 Å². The molecular weight excluding hydrogens is 504 g/mol. The van der Waals surface area contributed by atoms with Crippen molar-refractivity contribution in [3.63, 3.8) is 0 Å². The van der Waals surface area contributed by atoms with E-state index in [4.69, 9.17) is 4.52 Å². The van der Waals surface area contributed by atoms with Crippen LogP contribution in [0.2, 0.25) is 0 Å². The molecule has 0 aliphatic carbocycles. The van der Waals surface area contributed by atoms with Gasteiger partial charge in [0.1, 0.15) is 6.04 Å². The van der Waals surface area contributed by atoms with Crippen molar-refractivity contribution in [2.45, 2.75) is 71.4 Å². The summed E-state index contributed by atoms with van der Waals surface area (Å²) in [6.45, 7) is 9.55. The van der Waals surface area contributed by atoms with E-state index in [0.29, 0.717) is 28.8 Å². The molecule has 2 aromatic carbocycles. The van der Waals surface area contributed by atoms with Crippen LogP contribution in [0.3, 0.4) is 0 Å². The van der Waals surface area contributed by atoms with E-state index < -0.39 is 16.1 Å². The maximum Gasteiger partial charge on any atom is 0.264 e. The second-order valence-electron chi connectivity index (χ2n) is 9.63. The number of benzene rings is 2. The summed E-state index contributed by atoms with van der Waals surface area (Å²) in [5, 5.41) is 9.54. The van der Waals surface area contributed by atoms with E-state index in [2.05, 4.69) is 20.5 Å². The molecule has 3 N–H and O–H groups in total. The zero-order valence-corrected chi connectivity index (χ0v) is 23.3. The van der Waals surface area contributed by atoms with Crippen molar-refractivity contribution in [1.29, 1.82) is 0 Å². The van der Waals surface area contributed by atoms with Gasteiger partial charge in [-0.3, -0.25) is 9.59 Å². The first kappa shape index (κ1) is 28.9. The molecule has 9 nitrogen and oxygen atoms in total. The smallest absolute Gasteiger partial charge is 0.264 e. The topological polar surface area (TPSA) is 130 Å². The Bertz CT molecular complexity index is 1360. The van der Waals surface area contributed by atoms with Crippen LogP contribution in [0.25, 0.3) is 11.1 Å². The first-order valence-electron chi connectivity index (χ1n) is 12.7. The van der Waals surface area contributed by atoms with Gasteiger partial charge < -0.3 is 15.2 Å². The van der Waals surface area contributed by atoms with E-state index >= 15 is 0 Å². The van der Waals surface area contributed by atoms with Crippen LogP contribution in [0.15, 0.2) is 57.9 Å². The zero-order chi connectivity index (χ0) is 27.9. The molecule has 0 unspecified atom stereocenters. The summed E-state index contributed by atoms with van der Waals surface area (Å²) in [7, 11) is -3.94. The van der Waals surface area contributed by atoms with Crippen LogP contribution in [0, 0.1) is 19.8 Å². The summed E-state index contributed by atoms with van der Waals surface area (Å²) >= 11 is 0. The summed E-state index contributed by atoms with van der Waals surface area (Å²) < 4.78 is 34.0. The summed E-state index contributed by atoms with van der Waals surface area (Å²) in [4.78, 5) is 25.0. The highest BCUT2D eigenvalue weighted by atomic mass is 32.2. The number of nitrogens with zero attached hydrogens (tertiary/aromatic N) is 1. The van der Waals surface area contributed by atoms with Gasteiger partial charge in [0.05, 0.1) is 10.6 Å². The molecule has 0 saturated heterocycles. The molecule has 3 aromatic rings. The molecule has 2 amide bonds. The number of unbranched alkanes of at least 4 members (excludes halogenated alkanes) is 1. The number of carbonyl (C=O) groups excluding carboxylic acids is 2. The minimum Gasteiger partial charge on any atom is -0.350 e. The van der Waals surface area contributed by atoms with Gasteiger partial charge in [-0.1, -0.05) is 74.8 Å². The van der Waals surface area contributed by atoms with Crippen molar-refractivity contribution in [3.8, 4) is 11.1 Å². The van der Waals surface area contributed by atoms with Gasteiger partial charge in [-0.25, -0.2) is 13.1 Å². The Morgan fingerprint density at radius 3 is 2.32 bits per heavy atom. The van der Waals surface area contributed by atoms with Gasteiger partial charge in [0, 0.05) is 24.1 Å². The zero-order valence-electron chi connectivity index (χ0n) is 22.5. The van der Waals surface area contributed by atoms with E-state index in [9.17, 15) is 18.0 Å². The first-order chi connectivity index (χ1) is 18.0. The van der Waals surface area contributed by atoms with Crippen molar-refractivity contribution in [2.24, 2.45) is 5.92 Å². The fraction of sp³-hybridized carbons (Fsp3) is 0.393. The highest BCUT2D eigenvalue weighted by Gasteiger charge is 2.24. The number of aryl methyl sites for hydroxylation is 1. The first-order valence-corrected chi connectivity index (χ1v) is 14.2. The van der Waals surface area contributed by atoms with Crippen LogP contribution < -0.4 is 15.4 Å². The Morgan fingerprint density at radius 1 is 1.03 bits per heavy atom. The summed E-state index contributed by atoms with van der Waals surface area (Å²) in [5.74, 6) is -0.333. The Morgan fingerprint density at radius 2 is 1.71 bits per heavy atom. The number of hydrogen-bond acceptors (Lipinski definition) is 6. The van der Waals surface area contributed by atoms with Crippen molar-refractivity contribution >= 4 is 27.7 Å². The summed E-state index contributed by atoms with van der Waals surface area (Å²) in [5.41, 5.74) is 3.30. The predicted molar refractivity (Wildman–Crippen MR) is 147 cm³/mol. The molecule has 0 aliphatic heterocycles. The van der Waals surface area contributed by atoms with Crippen LogP contribution in [-0.2, 0) is 26.2 Å². The molecule has 1 heterocycles. The maximum atomic E-state index is 13.2. The number of carbonyl (C=O) groups is 2. The fourth-order valence-corrected chi connectivity index (χ4v) is 5.12. The fourth-order valence-electron chi connectivity index (χ4n) is 3.85. The molecule has 204 valence electrons. The molecule has 10 heteroatoms. The molecule has 0 radical (unpaired) electrons. The number of anilines is 1. The minimum atomic E-state index is -3.94. The van der Waals surface area contributed by atoms with Gasteiger partial charge in [-0.05, 0) is 43.4 Å². The molecule has 1 atom stereocenters. The van der Waals surface area contributed by atoms with Crippen molar-refractivity contribution in [1.82, 2.24) is 15.8 Å². The van der Waals surface area contributed by atoms with Crippen LogP contribution in [0.1, 0.15) is 56.9 Å². The number of aromatic nitrogens is 1. The molecule has 0 aliphatic rings. The Labute approximate surface area is 224 Å². The van der Waals surface area contributed by atoms with Gasteiger partial charge in [0.2, 0.25) is 17.7 Å². The molecule has 3 rings (SSSR count). The molecule has 0 spiro atoms. The lowest BCUT2D eigenvalue weighted by molar-refractivity contribution is -0.130. The molecular formula is C28H36N4O5S. The summed E-state index contributed by atoms with van der Waals surface area (Å²) in [6.07, 6.45) is 2.10. The SMILES string of the molecule is CCCCC(=O)N[C@H](C(=O)NCc1ccc(-c2ccccc2S(=O)(=O)Nc2onc(C)c2C)cc1)C(C)C. The highest BCUT2D eigenvalue weighted by Crippen LogP contribution is 2.30. The van der Waals surface area contributed by atoms with Crippen molar-refractivity contribution in [2.75, 3.05) is 4.72 Å². The van der Waals surface area contributed by atoms with E-state index in [0.717, 1.165) is 18.4 Å². The van der Waals surface area contributed by atoms with E-state index in [-0.39, 0.29) is 35.1 Å². The Balaban J connectivity index is 1.71.